The lowest BCUT2D eigenvalue weighted by molar-refractivity contribution is -0.117. The number of rotatable bonds is 6. The second kappa shape index (κ2) is 8.45. The topological polar surface area (TPSA) is 86.2 Å². The Hall–Kier alpha value is -2.52. The summed E-state index contributed by atoms with van der Waals surface area (Å²) in [5.41, 5.74) is 1.02. The molecule has 6 heteroatoms. The monoisotopic (exact) mass is 370 g/mol. The molecule has 1 amide bonds. The van der Waals surface area contributed by atoms with E-state index in [4.69, 9.17) is 4.74 Å². The van der Waals surface area contributed by atoms with Crippen LogP contribution in [0, 0.1) is 11.3 Å². The summed E-state index contributed by atoms with van der Waals surface area (Å²) >= 11 is 0. The minimum Gasteiger partial charge on any atom is -0.497 e. The predicted octanol–water partition coefficient (Wildman–Crippen LogP) is 2.62. The number of methoxy groups -OCH3 is 1. The van der Waals surface area contributed by atoms with E-state index in [2.05, 4.69) is 43.6 Å². The zero-order valence-electron chi connectivity index (χ0n) is 16.8. The van der Waals surface area contributed by atoms with Crippen LogP contribution < -0.4 is 20.7 Å². The smallest absolute Gasteiger partial charge is 0.263 e. The van der Waals surface area contributed by atoms with Crippen LogP contribution in [0.25, 0.3) is 0 Å². The van der Waals surface area contributed by atoms with Crippen LogP contribution in [0.1, 0.15) is 46.1 Å². The van der Waals surface area contributed by atoms with E-state index >= 15 is 0 Å². The summed E-state index contributed by atoms with van der Waals surface area (Å²) in [5, 5.41) is 19.0. The number of nitriles is 1. The number of benzene rings is 1. The van der Waals surface area contributed by atoms with Crippen molar-refractivity contribution in [3.63, 3.8) is 0 Å². The number of hydrogen-bond donors (Lipinski definition) is 3. The van der Waals surface area contributed by atoms with Gasteiger partial charge in [-0.1, -0.05) is 12.1 Å². The fraction of sp³-hybridized carbons (Fsp3) is 0.524. The average molecular weight is 370 g/mol. The molecule has 0 bridgehead atoms. The van der Waals surface area contributed by atoms with Crippen LogP contribution in [0.3, 0.4) is 0 Å². The number of nitrogens with zero attached hydrogens (tertiary/aromatic N) is 1. The zero-order valence-corrected chi connectivity index (χ0v) is 16.8. The summed E-state index contributed by atoms with van der Waals surface area (Å²) in [6.07, 6.45) is 3.38. The minimum atomic E-state index is -0.381. The minimum absolute atomic E-state index is 0.00329. The molecule has 1 saturated heterocycles. The summed E-state index contributed by atoms with van der Waals surface area (Å²) in [5.74, 6) is 0.382. The van der Waals surface area contributed by atoms with Crippen LogP contribution in [0.5, 0.6) is 5.75 Å². The van der Waals surface area contributed by atoms with E-state index in [1.54, 1.807) is 13.3 Å². The van der Waals surface area contributed by atoms with Crippen molar-refractivity contribution < 1.29 is 9.53 Å². The van der Waals surface area contributed by atoms with Crippen molar-refractivity contribution in [2.75, 3.05) is 7.11 Å². The Morgan fingerprint density at radius 2 is 1.85 bits per heavy atom. The van der Waals surface area contributed by atoms with E-state index in [0.29, 0.717) is 6.54 Å². The maximum atomic E-state index is 12.3. The highest BCUT2D eigenvalue weighted by atomic mass is 16.5. The molecule has 1 aliphatic rings. The fourth-order valence-electron chi connectivity index (χ4n) is 3.81. The van der Waals surface area contributed by atoms with Gasteiger partial charge in [0.15, 0.2) is 0 Å². The second-order valence-electron chi connectivity index (χ2n) is 8.37. The fourth-order valence-corrected chi connectivity index (χ4v) is 3.81. The van der Waals surface area contributed by atoms with Gasteiger partial charge in [-0.15, -0.1) is 0 Å². The molecule has 0 unspecified atom stereocenters. The molecule has 1 aromatic carbocycles. The highest BCUT2D eigenvalue weighted by Crippen LogP contribution is 2.28. The van der Waals surface area contributed by atoms with Gasteiger partial charge >= 0.3 is 0 Å². The molecule has 1 fully saturated rings. The van der Waals surface area contributed by atoms with Gasteiger partial charge in [0.1, 0.15) is 17.4 Å². The quantitative estimate of drug-likeness (QED) is 0.529. The molecule has 1 aliphatic heterocycles. The standard InChI is InChI=1S/C21H30N4O2/c1-20(2)10-17(11-21(3,4)25-20)23-14-16(12-22)19(26)24-13-15-6-8-18(27-5)9-7-15/h6-9,14,17,23,25H,10-11,13H2,1-5H3,(H,24,26)/b16-14-. The first-order valence-corrected chi connectivity index (χ1v) is 9.21. The molecule has 27 heavy (non-hydrogen) atoms. The first kappa shape index (κ1) is 20.8. The first-order valence-electron chi connectivity index (χ1n) is 9.21. The Kier molecular flexibility index (Phi) is 6.50. The Morgan fingerprint density at radius 1 is 1.26 bits per heavy atom. The van der Waals surface area contributed by atoms with Gasteiger partial charge in [0, 0.05) is 29.9 Å². The van der Waals surface area contributed by atoms with Crippen LogP contribution in [-0.2, 0) is 11.3 Å². The Balaban J connectivity index is 1.94. The Morgan fingerprint density at radius 3 is 2.37 bits per heavy atom. The Labute approximate surface area is 162 Å². The maximum absolute atomic E-state index is 12.3. The molecule has 0 atom stereocenters. The van der Waals surface area contributed by atoms with Crippen molar-refractivity contribution in [2.24, 2.45) is 0 Å². The molecule has 146 valence electrons. The molecular formula is C21H30N4O2. The van der Waals surface area contributed by atoms with Gasteiger partial charge in [0.05, 0.1) is 7.11 Å². The summed E-state index contributed by atoms with van der Waals surface area (Å²) < 4.78 is 5.12. The van der Waals surface area contributed by atoms with Crippen LogP contribution >= 0.6 is 0 Å². The largest absolute Gasteiger partial charge is 0.497 e. The molecule has 1 heterocycles. The summed E-state index contributed by atoms with van der Waals surface area (Å²) in [6.45, 7) is 9.02. The van der Waals surface area contributed by atoms with Gasteiger partial charge < -0.3 is 20.7 Å². The van der Waals surface area contributed by atoms with Gasteiger partial charge in [-0.2, -0.15) is 5.26 Å². The van der Waals surface area contributed by atoms with Gasteiger partial charge in [-0.3, -0.25) is 4.79 Å². The lowest BCUT2D eigenvalue weighted by atomic mass is 9.80. The third-order valence-corrected chi connectivity index (χ3v) is 4.63. The van der Waals surface area contributed by atoms with Crippen LogP contribution in [0.15, 0.2) is 36.0 Å². The van der Waals surface area contributed by atoms with Crippen LogP contribution in [0.2, 0.25) is 0 Å². The van der Waals surface area contributed by atoms with Crippen molar-refractivity contribution in [1.82, 2.24) is 16.0 Å². The van der Waals surface area contributed by atoms with Gasteiger partial charge in [-0.05, 0) is 58.2 Å². The lowest BCUT2D eigenvalue weighted by Crippen LogP contribution is -2.61. The van der Waals surface area contributed by atoms with Crippen molar-refractivity contribution in [3.8, 4) is 11.8 Å². The maximum Gasteiger partial charge on any atom is 0.263 e. The van der Waals surface area contributed by atoms with Crippen molar-refractivity contribution >= 4 is 5.91 Å². The summed E-state index contributed by atoms with van der Waals surface area (Å²) in [4.78, 5) is 12.3. The highest BCUT2D eigenvalue weighted by molar-refractivity contribution is 5.97. The highest BCUT2D eigenvalue weighted by Gasteiger charge is 2.37. The molecule has 0 saturated carbocycles. The van der Waals surface area contributed by atoms with Crippen molar-refractivity contribution in [1.29, 1.82) is 5.26 Å². The number of piperidine rings is 1. The van der Waals surface area contributed by atoms with E-state index in [9.17, 15) is 10.1 Å². The van der Waals surface area contributed by atoms with E-state index in [0.717, 1.165) is 24.2 Å². The number of carbonyl (C=O) groups excluding carboxylic acids is 1. The summed E-state index contributed by atoms with van der Waals surface area (Å²) in [7, 11) is 1.61. The van der Waals surface area contributed by atoms with Crippen LogP contribution in [-0.4, -0.2) is 30.1 Å². The molecule has 6 nitrogen and oxygen atoms in total. The molecule has 2 rings (SSSR count). The van der Waals surface area contributed by atoms with Gasteiger partial charge in [0.25, 0.3) is 5.91 Å². The lowest BCUT2D eigenvalue weighted by Gasteiger charge is -2.46. The van der Waals surface area contributed by atoms with Crippen LogP contribution in [0.4, 0.5) is 0 Å². The number of nitrogens with one attached hydrogen (secondary N) is 3. The van der Waals surface area contributed by atoms with E-state index < -0.39 is 0 Å². The van der Waals surface area contributed by atoms with E-state index in [1.807, 2.05) is 30.3 Å². The SMILES string of the molecule is COc1ccc(CNC(=O)/C(C#N)=C\NC2CC(C)(C)NC(C)(C)C2)cc1. The van der Waals surface area contributed by atoms with Gasteiger partial charge in [0.2, 0.25) is 0 Å². The number of hydrogen-bond acceptors (Lipinski definition) is 5. The van der Waals surface area contributed by atoms with E-state index in [-0.39, 0.29) is 28.6 Å². The molecule has 0 spiro atoms. The number of ether oxygens (including phenoxy) is 1. The molecule has 0 aliphatic carbocycles. The number of carbonyl (C=O) groups is 1. The Bertz CT molecular complexity index is 714. The predicted molar refractivity (Wildman–Crippen MR) is 106 cm³/mol. The summed E-state index contributed by atoms with van der Waals surface area (Å²) in [6, 6.07) is 9.63. The average Bonchev–Trinajstić information content (AvgIpc) is 2.58. The molecule has 3 N–H and O–H groups in total. The molecule has 0 aromatic heterocycles. The second-order valence-corrected chi connectivity index (χ2v) is 8.37. The third kappa shape index (κ3) is 6.30. The third-order valence-electron chi connectivity index (χ3n) is 4.63. The molecule has 0 radical (unpaired) electrons. The first-order chi connectivity index (χ1) is 12.6. The molecule has 1 aromatic rings. The van der Waals surface area contributed by atoms with Crippen molar-refractivity contribution in [2.45, 2.75) is 64.2 Å². The normalized spacial score (nSPS) is 19.0. The number of amides is 1. The van der Waals surface area contributed by atoms with Crippen molar-refractivity contribution in [3.05, 3.63) is 41.6 Å². The molecular weight excluding hydrogens is 340 g/mol. The van der Waals surface area contributed by atoms with Gasteiger partial charge in [-0.25, -0.2) is 0 Å². The zero-order chi connectivity index (χ0) is 20.1. The van der Waals surface area contributed by atoms with E-state index in [1.165, 1.54) is 0 Å².